The molecule has 0 bridgehead atoms. The maximum Gasteiger partial charge on any atom is 0.298 e. The first kappa shape index (κ1) is 21.9. The monoisotopic (exact) mass is 412 g/mol. The van der Waals surface area contributed by atoms with Crippen molar-refractivity contribution in [2.75, 3.05) is 0 Å². The number of rotatable bonds is 7. The van der Waals surface area contributed by atoms with Gasteiger partial charge in [-0.05, 0) is 109 Å². The average molecular weight is 413 g/mol. The Balaban J connectivity index is 1.66. The summed E-state index contributed by atoms with van der Waals surface area (Å²) in [5.74, 6) is 3.21. The van der Waals surface area contributed by atoms with Crippen LogP contribution in [0.4, 0.5) is 0 Å². The molecule has 2 saturated carbocycles. The quantitative estimate of drug-likeness (QED) is 0.537. The Labute approximate surface area is 182 Å². The molecule has 1 aromatic carbocycles. The van der Waals surface area contributed by atoms with Crippen molar-refractivity contribution >= 4 is 6.47 Å². The molecule has 3 heteroatoms. The van der Waals surface area contributed by atoms with Crippen LogP contribution in [0, 0.1) is 28.6 Å². The lowest BCUT2D eigenvalue weighted by Gasteiger charge is -2.53. The summed E-state index contributed by atoms with van der Waals surface area (Å²) in [4.78, 5) is 10.9. The zero-order valence-corrected chi connectivity index (χ0v) is 19.3. The van der Waals surface area contributed by atoms with Crippen molar-refractivity contribution in [1.82, 2.24) is 0 Å². The normalized spacial score (nSPS) is 35.3. The first-order valence-electron chi connectivity index (χ1n) is 12.2. The molecule has 0 heterocycles. The fourth-order valence-electron chi connectivity index (χ4n) is 7.53. The van der Waals surface area contributed by atoms with Gasteiger partial charge in [-0.3, -0.25) is 4.79 Å². The molecule has 1 N–H and O–H groups in total. The summed E-state index contributed by atoms with van der Waals surface area (Å²) in [6.45, 7) is 10.0. The van der Waals surface area contributed by atoms with Crippen molar-refractivity contribution in [1.29, 1.82) is 0 Å². The number of carbonyl (C=O) groups excluding carboxylic acids is 1. The van der Waals surface area contributed by atoms with Crippen molar-refractivity contribution in [3.63, 3.8) is 0 Å². The second-order valence-corrected chi connectivity index (χ2v) is 11.4. The molecule has 4 rings (SSSR count). The predicted octanol–water partition coefficient (Wildman–Crippen LogP) is 6.27. The van der Waals surface area contributed by atoms with Crippen LogP contribution in [0.3, 0.4) is 0 Å². The first-order chi connectivity index (χ1) is 14.3. The molecule has 6 unspecified atom stereocenters. The van der Waals surface area contributed by atoms with Crippen molar-refractivity contribution in [3.8, 4) is 5.75 Å². The minimum Gasteiger partial charge on any atom is -0.429 e. The molecule has 3 aliphatic carbocycles. The number of benzene rings is 1. The van der Waals surface area contributed by atoms with Crippen LogP contribution in [-0.2, 0) is 11.2 Å². The average Bonchev–Trinajstić information content (AvgIpc) is 3.01. The molecule has 6 atom stereocenters. The molecule has 1 aromatic rings. The molecule has 2 fully saturated rings. The van der Waals surface area contributed by atoms with E-state index in [0.29, 0.717) is 41.3 Å². The lowest BCUT2D eigenvalue weighted by molar-refractivity contribution is -0.120. The highest BCUT2D eigenvalue weighted by Gasteiger charge is 2.56. The smallest absolute Gasteiger partial charge is 0.298 e. The summed E-state index contributed by atoms with van der Waals surface area (Å²) in [7, 11) is 0. The van der Waals surface area contributed by atoms with Gasteiger partial charge in [-0.25, -0.2) is 0 Å². The Morgan fingerprint density at radius 2 is 2.03 bits per heavy atom. The number of hydrogen-bond donors (Lipinski definition) is 1. The third-order valence-electron chi connectivity index (χ3n) is 9.13. The van der Waals surface area contributed by atoms with E-state index in [2.05, 4.69) is 39.8 Å². The van der Waals surface area contributed by atoms with E-state index in [-0.39, 0.29) is 11.5 Å². The molecule has 0 aliphatic heterocycles. The van der Waals surface area contributed by atoms with E-state index in [1.54, 1.807) is 0 Å². The lowest BCUT2D eigenvalue weighted by atomic mass is 9.52. The van der Waals surface area contributed by atoms with Gasteiger partial charge in [-0.15, -0.1) is 0 Å². The van der Waals surface area contributed by atoms with Crippen molar-refractivity contribution in [2.45, 2.75) is 97.5 Å². The molecule has 0 saturated heterocycles. The highest BCUT2D eigenvalue weighted by molar-refractivity contribution is 5.48. The topological polar surface area (TPSA) is 46.5 Å². The van der Waals surface area contributed by atoms with Gasteiger partial charge in [-0.2, -0.15) is 0 Å². The van der Waals surface area contributed by atoms with Gasteiger partial charge >= 0.3 is 0 Å². The number of carbonyl (C=O) groups is 1. The van der Waals surface area contributed by atoms with Crippen LogP contribution in [-0.4, -0.2) is 17.7 Å². The van der Waals surface area contributed by atoms with Gasteiger partial charge in [0.15, 0.2) is 0 Å². The van der Waals surface area contributed by atoms with Gasteiger partial charge in [-0.1, -0.05) is 40.2 Å². The molecular formula is C27H40O3. The Hall–Kier alpha value is -1.35. The summed E-state index contributed by atoms with van der Waals surface area (Å²) in [6, 6.07) is 6.30. The standard InChI is InChI=1S/C27H40O3/c1-5-12-26(2,3)13-10-18-15-19-16-20(30-17-28)6-7-21(19)22-11-14-27(4)23(25(18)22)8-9-24(27)29/h6-7,16-18,22-25,29H,5,8-15H2,1-4H3. The lowest BCUT2D eigenvalue weighted by Crippen LogP contribution is -2.47. The third-order valence-corrected chi connectivity index (χ3v) is 9.13. The molecule has 3 nitrogen and oxygen atoms in total. The molecule has 0 aromatic heterocycles. The van der Waals surface area contributed by atoms with Crippen LogP contribution in [0.15, 0.2) is 18.2 Å². The highest BCUT2D eigenvalue weighted by atomic mass is 16.5. The first-order valence-corrected chi connectivity index (χ1v) is 12.2. The van der Waals surface area contributed by atoms with Gasteiger partial charge in [0.05, 0.1) is 6.10 Å². The van der Waals surface area contributed by atoms with E-state index >= 15 is 0 Å². The van der Waals surface area contributed by atoms with Crippen LogP contribution >= 0.6 is 0 Å². The van der Waals surface area contributed by atoms with Gasteiger partial charge in [0.1, 0.15) is 5.75 Å². The van der Waals surface area contributed by atoms with E-state index in [1.165, 1.54) is 49.7 Å². The number of fused-ring (bicyclic) bond motifs is 5. The van der Waals surface area contributed by atoms with E-state index in [1.807, 2.05) is 6.07 Å². The molecule has 30 heavy (non-hydrogen) atoms. The second-order valence-electron chi connectivity index (χ2n) is 11.4. The van der Waals surface area contributed by atoms with Crippen molar-refractivity contribution < 1.29 is 14.6 Å². The van der Waals surface area contributed by atoms with E-state index in [9.17, 15) is 9.90 Å². The number of aliphatic hydroxyl groups is 1. The van der Waals surface area contributed by atoms with Crippen LogP contribution in [0.1, 0.15) is 96.1 Å². The molecule has 166 valence electrons. The fourth-order valence-corrected chi connectivity index (χ4v) is 7.53. The number of hydrogen-bond acceptors (Lipinski definition) is 3. The van der Waals surface area contributed by atoms with Crippen LogP contribution in [0.5, 0.6) is 5.75 Å². The summed E-state index contributed by atoms with van der Waals surface area (Å²) >= 11 is 0. The van der Waals surface area contributed by atoms with E-state index < -0.39 is 0 Å². The Kier molecular flexibility index (Phi) is 6.05. The Morgan fingerprint density at radius 3 is 2.77 bits per heavy atom. The maximum absolute atomic E-state index is 10.9. The minimum absolute atomic E-state index is 0.0937. The zero-order valence-electron chi connectivity index (χ0n) is 19.3. The molecule has 0 spiro atoms. The van der Waals surface area contributed by atoms with Crippen LogP contribution < -0.4 is 4.74 Å². The minimum atomic E-state index is -0.134. The largest absolute Gasteiger partial charge is 0.429 e. The summed E-state index contributed by atoms with van der Waals surface area (Å²) in [6.07, 6.45) is 10.4. The summed E-state index contributed by atoms with van der Waals surface area (Å²) < 4.78 is 5.18. The maximum atomic E-state index is 10.9. The van der Waals surface area contributed by atoms with Crippen LogP contribution in [0.2, 0.25) is 0 Å². The van der Waals surface area contributed by atoms with E-state index in [0.717, 1.165) is 19.3 Å². The molecular weight excluding hydrogens is 372 g/mol. The third kappa shape index (κ3) is 3.83. The van der Waals surface area contributed by atoms with Crippen LogP contribution in [0.25, 0.3) is 0 Å². The van der Waals surface area contributed by atoms with Gasteiger partial charge in [0.2, 0.25) is 0 Å². The number of ether oxygens (including phenoxy) is 1. The Bertz CT molecular complexity index is 769. The van der Waals surface area contributed by atoms with Gasteiger partial charge in [0, 0.05) is 0 Å². The molecule has 0 radical (unpaired) electrons. The van der Waals surface area contributed by atoms with Gasteiger partial charge in [0.25, 0.3) is 6.47 Å². The summed E-state index contributed by atoms with van der Waals surface area (Å²) in [5.41, 5.74) is 3.35. The Morgan fingerprint density at radius 1 is 1.23 bits per heavy atom. The predicted molar refractivity (Wildman–Crippen MR) is 121 cm³/mol. The van der Waals surface area contributed by atoms with Crippen molar-refractivity contribution in [3.05, 3.63) is 29.3 Å². The molecule has 0 amide bonds. The highest BCUT2D eigenvalue weighted by Crippen LogP contribution is 2.63. The number of aliphatic hydroxyl groups excluding tert-OH is 1. The molecule has 3 aliphatic rings. The second kappa shape index (κ2) is 8.30. The fraction of sp³-hybridized carbons (Fsp3) is 0.741. The van der Waals surface area contributed by atoms with Gasteiger partial charge < -0.3 is 9.84 Å². The zero-order chi connectivity index (χ0) is 21.5. The van der Waals surface area contributed by atoms with E-state index in [4.69, 9.17) is 4.74 Å². The van der Waals surface area contributed by atoms with Crippen molar-refractivity contribution in [2.24, 2.45) is 28.6 Å². The SMILES string of the molecule is CCCC(C)(C)CCC1Cc2cc(OC=O)ccc2C2CCC3(C)C(O)CCC3C12. The summed E-state index contributed by atoms with van der Waals surface area (Å²) in [5, 5.41) is 10.8.